The molecule has 0 aliphatic rings. The summed E-state index contributed by atoms with van der Waals surface area (Å²) in [6, 6.07) is 9.15. The zero-order valence-electron chi connectivity index (χ0n) is 11.0. The normalized spacial score (nSPS) is 11.0. The first-order valence-corrected chi connectivity index (χ1v) is 6.51. The van der Waals surface area contributed by atoms with Crippen molar-refractivity contribution < 1.29 is 14.3 Å². The number of aromatic nitrogens is 2. The highest BCUT2D eigenvalue weighted by Gasteiger charge is 2.16. The van der Waals surface area contributed by atoms with Crippen LogP contribution >= 0.6 is 11.6 Å². The molecule has 2 aromatic carbocycles. The van der Waals surface area contributed by atoms with E-state index in [9.17, 15) is 9.18 Å². The van der Waals surface area contributed by atoms with Crippen molar-refractivity contribution in [3.05, 3.63) is 52.8 Å². The maximum Gasteiger partial charge on any atom is 0.335 e. The Bertz CT molecular complexity index is 873. The van der Waals surface area contributed by atoms with Crippen molar-refractivity contribution in [2.45, 2.75) is 0 Å². The molecule has 0 unspecified atom stereocenters. The average molecular weight is 305 g/mol. The molecule has 0 aliphatic carbocycles. The molecule has 0 bridgehead atoms. The molecule has 0 spiro atoms. The van der Waals surface area contributed by atoms with Gasteiger partial charge in [0.05, 0.1) is 21.6 Å². The molecular formula is C15H10ClFN2O2. The van der Waals surface area contributed by atoms with Crippen molar-refractivity contribution in [1.29, 1.82) is 0 Å². The molecule has 0 amide bonds. The van der Waals surface area contributed by atoms with Crippen LogP contribution in [0.5, 0.6) is 0 Å². The minimum absolute atomic E-state index is 0.00522. The molecule has 0 atom stereocenters. The average Bonchev–Trinajstić information content (AvgIpc) is 2.78. The number of hydrogen-bond acceptors (Lipinski definition) is 2. The van der Waals surface area contributed by atoms with Crippen LogP contribution in [0.1, 0.15) is 10.4 Å². The fourth-order valence-corrected chi connectivity index (χ4v) is 2.46. The van der Waals surface area contributed by atoms with Crippen molar-refractivity contribution in [2.75, 3.05) is 0 Å². The molecule has 0 radical (unpaired) electrons. The molecule has 1 heterocycles. The largest absolute Gasteiger partial charge is 0.478 e. The minimum atomic E-state index is -1.02. The Morgan fingerprint density at radius 2 is 2.10 bits per heavy atom. The Labute approximate surface area is 124 Å². The van der Waals surface area contributed by atoms with Gasteiger partial charge in [0.2, 0.25) is 0 Å². The van der Waals surface area contributed by atoms with E-state index < -0.39 is 11.8 Å². The summed E-state index contributed by atoms with van der Waals surface area (Å²) in [6.07, 6.45) is 0. The number of hydrogen-bond donors (Lipinski definition) is 1. The number of benzene rings is 2. The van der Waals surface area contributed by atoms with Gasteiger partial charge in [-0.2, -0.15) is 0 Å². The summed E-state index contributed by atoms with van der Waals surface area (Å²) in [5.41, 5.74) is 1.88. The standard InChI is InChI=1S/C15H10ClFN2O2/c1-19-12-6-5-8(15(20)21)7-11(12)18-14(19)9-3-2-4-10(17)13(9)16/h2-7H,1H3,(H,20,21). The smallest absolute Gasteiger partial charge is 0.335 e. The Kier molecular flexibility index (Phi) is 3.14. The maximum atomic E-state index is 13.6. The molecular weight excluding hydrogens is 295 g/mol. The summed E-state index contributed by atoms with van der Waals surface area (Å²) < 4.78 is 15.3. The van der Waals surface area contributed by atoms with E-state index in [1.165, 1.54) is 18.2 Å². The number of aryl methyl sites for hydroxylation is 1. The lowest BCUT2D eigenvalue weighted by Gasteiger charge is -2.05. The molecule has 3 aromatic rings. The maximum absolute atomic E-state index is 13.6. The Morgan fingerprint density at radius 3 is 2.81 bits per heavy atom. The van der Waals surface area contributed by atoms with Gasteiger partial charge in [0.25, 0.3) is 0 Å². The fourth-order valence-electron chi connectivity index (χ4n) is 2.25. The van der Waals surface area contributed by atoms with Crippen LogP contribution in [0.4, 0.5) is 4.39 Å². The number of halogens is 2. The summed E-state index contributed by atoms with van der Waals surface area (Å²) in [4.78, 5) is 15.4. The lowest BCUT2D eigenvalue weighted by Crippen LogP contribution is -1.96. The molecule has 1 aromatic heterocycles. The lowest BCUT2D eigenvalue weighted by molar-refractivity contribution is 0.0697. The minimum Gasteiger partial charge on any atom is -0.478 e. The van der Waals surface area contributed by atoms with E-state index in [1.54, 1.807) is 29.8 Å². The molecule has 0 saturated heterocycles. The van der Waals surface area contributed by atoms with E-state index in [2.05, 4.69) is 4.98 Å². The van der Waals surface area contributed by atoms with Crippen LogP contribution in [-0.2, 0) is 7.05 Å². The molecule has 4 nitrogen and oxygen atoms in total. The highest BCUT2D eigenvalue weighted by atomic mass is 35.5. The summed E-state index contributed by atoms with van der Waals surface area (Å²) in [7, 11) is 1.77. The Balaban J connectivity index is 2.26. The molecule has 6 heteroatoms. The topological polar surface area (TPSA) is 55.1 Å². The van der Waals surface area contributed by atoms with Gasteiger partial charge in [-0.05, 0) is 30.3 Å². The van der Waals surface area contributed by atoms with Gasteiger partial charge in [-0.3, -0.25) is 0 Å². The predicted octanol–water partition coefficient (Wildman–Crippen LogP) is 3.73. The first kappa shape index (κ1) is 13.6. The second kappa shape index (κ2) is 4.86. The molecule has 0 aliphatic heterocycles. The lowest BCUT2D eigenvalue weighted by atomic mass is 10.2. The number of carboxylic acids is 1. The molecule has 1 N–H and O–H groups in total. The van der Waals surface area contributed by atoms with Gasteiger partial charge < -0.3 is 9.67 Å². The molecule has 0 saturated carbocycles. The summed E-state index contributed by atoms with van der Waals surface area (Å²) in [6.45, 7) is 0. The quantitative estimate of drug-likeness (QED) is 0.785. The van der Waals surface area contributed by atoms with Gasteiger partial charge in [-0.15, -0.1) is 0 Å². The number of rotatable bonds is 2. The van der Waals surface area contributed by atoms with Crippen LogP contribution < -0.4 is 0 Å². The number of nitrogens with zero attached hydrogens (tertiary/aromatic N) is 2. The van der Waals surface area contributed by atoms with Crippen LogP contribution in [0.3, 0.4) is 0 Å². The van der Waals surface area contributed by atoms with Gasteiger partial charge in [-0.1, -0.05) is 17.7 Å². The van der Waals surface area contributed by atoms with Gasteiger partial charge in [0.15, 0.2) is 0 Å². The number of carbonyl (C=O) groups is 1. The van der Waals surface area contributed by atoms with Crippen LogP contribution in [0, 0.1) is 5.82 Å². The van der Waals surface area contributed by atoms with Crippen LogP contribution in [0.25, 0.3) is 22.4 Å². The number of carboxylic acid groups (broad SMARTS) is 1. The first-order chi connectivity index (χ1) is 9.99. The first-order valence-electron chi connectivity index (χ1n) is 6.13. The third kappa shape index (κ3) is 2.15. The second-order valence-corrected chi connectivity index (χ2v) is 4.98. The highest BCUT2D eigenvalue weighted by Crippen LogP contribution is 2.31. The van der Waals surface area contributed by atoms with Crippen LogP contribution in [0.2, 0.25) is 5.02 Å². The third-order valence-corrected chi connectivity index (χ3v) is 3.70. The van der Waals surface area contributed by atoms with E-state index in [1.807, 2.05) is 0 Å². The van der Waals surface area contributed by atoms with Crippen molar-refractivity contribution in [2.24, 2.45) is 7.05 Å². The predicted molar refractivity (Wildman–Crippen MR) is 78.1 cm³/mol. The van der Waals surface area contributed by atoms with E-state index in [0.29, 0.717) is 16.9 Å². The fraction of sp³-hybridized carbons (Fsp3) is 0.0667. The van der Waals surface area contributed by atoms with Crippen molar-refractivity contribution in [3.8, 4) is 11.4 Å². The molecule has 106 valence electrons. The van der Waals surface area contributed by atoms with Crippen molar-refractivity contribution in [3.63, 3.8) is 0 Å². The zero-order valence-corrected chi connectivity index (χ0v) is 11.7. The molecule has 0 fully saturated rings. The monoisotopic (exact) mass is 304 g/mol. The summed E-state index contributed by atoms with van der Waals surface area (Å²) in [5.74, 6) is -1.06. The SMILES string of the molecule is Cn1c(-c2cccc(F)c2Cl)nc2cc(C(=O)O)ccc21. The Morgan fingerprint density at radius 1 is 1.33 bits per heavy atom. The Hall–Kier alpha value is -2.40. The van der Waals surface area contributed by atoms with Crippen molar-refractivity contribution in [1.82, 2.24) is 9.55 Å². The van der Waals surface area contributed by atoms with Crippen molar-refractivity contribution >= 4 is 28.6 Å². The number of aromatic carboxylic acids is 1. The highest BCUT2D eigenvalue weighted by molar-refractivity contribution is 6.33. The van der Waals surface area contributed by atoms with Gasteiger partial charge in [0.1, 0.15) is 11.6 Å². The van der Waals surface area contributed by atoms with E-state index in [4.69, 9.17) is 16.7 Å². The van der Waals surface area contributed by atoms with E-state index >= 15 is 0 Å². The van der Waals surface area contributed by atoms with Crippen LogP contribution in [0.15, 0.2) is 36.4 Å². The molecule has 21 heavy (non-hydrogen) atoms. The van der Waals surface area contributed by atoms with Gasteiger partial charge in [0, 0.05) is 12.6 Å². The third-order valence-electron chi connectivity index (χ3n) is 3.32. The van der Waals surface area contributed by atoms with Gasteiger partial charge >= 0.3 is 5.97 Å². The van der Waals surface area contributed by atoms with E-state index in [0.717, 1.165) is 5.52 Å². The number of fused-ring (bicyclic) bond motifs is 1. The number of imidazole rings is 1. The molecule has 3 rings (SSSR count). The van der Waals surface area contributed by atoms with Gasteiger partial charge in [-0.25, -0.2) is 14.2 Å². The van der Waals surface area contributed by atoms with Crippen LogP contribution in [-0.4, -0.2) is 20.6 Å². The summed E-state index contributed by atoms with van der Waals surface area (Å²) >= 11 is 5.99. The summed E-state index contributed by atoms with van der Waals surface area (Å²) in [5, 5.41) is 9.01. The zero-order chi connectivity index (χ0) is 15.1. The second-order valence-electron chi connectivity index (χ2n) is 4.60. The van der Waals surface area contributed by atoms with E-state index in [-0.39, 0.29) is 10.6 Å².